The van der Waals surface area contributed by atoms with Gasteiger partial charge in [-0.3, -0.25) is 4.79 Å². The molecule has 8 nitrogen and oxygen atoms in total. The van der Waals surface area contributed by atoms with Crippen LogP contribution >= 0.6 is 0 Å². The molecule has 2 aliphatic heterocycles. The first-order chi connectivity index (χ1) is 17.0. The Labute approximate surface area is 203 Å². The molecule has 9 heteroatoms. The maximum Gasteiger partial charge on any atom is 0.257 e. The highest BCUT2D eigenvalue weighted by molar-refractivity contribution is 5.97. The molecule has 0 spiro atoms. The number of amides is 1. The van der Waals surface area contributed by atoms with Crippen molar-refractivity contribution < 1.29 is 18.7 Å². The van der Waals surface area contributed by atoms with Crippen molar-refractivity contribution in [2.75, 3.05) is 51.8 Å². The zero-order chi connectivity index (χ0) is 24.4. The first-order valence-electron chi connectivity index (χ1n) is 11.7. The van der Waals surface area contributed by atoms with Crippen LogP contribution in [0.15, 0.2) is 48.5 Å². The normalized spacial score (nSPS) is 16.1. The average Bonchev–Trinajstić information content (AvgIpc) is 2.88. The number of hydrogen-bond donors (Lipinski definition) is 0. The molecule has 0 N–H and O–H groups in total. The molecule has 1 fully saturated rings. The van der Waals surface area contributed by atoms with Gasteiger partial charge in [0.15, 0.2) is 0 Å². The van der Waals surface area contributed by atoms with E-state index in [0.29, 0.717) is 48.4 Å². The number of ether oxygens (including phenoxy) is 2. The maximum atomic E-state index is 13.9. The fraction of sp³-hybridized carbons (Fsp3) is 0.346. The number of methoxy groups -OCH3 is 1. The van der Waals surface area contributed by atoms with Crippen molar-refractivity contribution in [2.24, 2.45) is 0 Å². The second-order valence-corrected chi connectivity index (χ2v) is 8.78. The van der Waals surface area contributed by atoms with Crippen LogP contribution in [-0.2, 0) is 13.0 Å². The smallest absolute Gasteiger partial charge is 0.257 e. The van der Waals surface area contributed by atoms with Gasteiger partial charge in [-0.15, -0.1) is 0 Å². The van der Waals surface area contributed by atoms with Crippen LogP contribution in [-0.4, -0.2) is 72.6 Å². The molecule has 3 aromatic rings. The largest absolute Gasteiger partial charge is 0.496 e. The highest BCUT2D eigenvalue weighted by Crippen LogP contribution is 2.33. The van der Waals surface area contributed by atoms with E-state index in [0.717, 1.165) is 37.4 Å². The minimum absolute atomic E-state index is 0.132. The Hall–Kier alpha value is -3.72. The van der Waals surface area contributed by atoms with E-state index in [2.05, 4.69) is 16.8 Å². The first kappa shape index (κ1) is 23.0. The fourth-order valence-electron chi connectivity index (χ4n) is 4.41. The van der Waals surface area contributed by atoms with Crippen LogP contribution in [0.25, 0.3) is 0 Å². The van der Waals surface area contributed by atoms with Crippen LogP contribution in [0.5, 0.6) is 17.4 Å². The van der Waals surface area contributed by atoms with Gasteiger partial charge in [-0.25, -0.2) is 9.37 Å². The topological polar surface area (TPSA) is 71.0 Å². The summed E-state index contributed by atoms with van der Waals surface area (Å²) in [5.41, 5.74) is 2.09. The Balaban J connectivity index is 1.48. The number of anilines is 1. The van der Waals surface area contributed by atoms with Crippen molar-refractivity contribution in [1.82, 2.24) is 19.8 Å². The van der Waals surface area contributed by atoms with Crippen molar-refractivity contribution in [2.45, 2.75) is 13.0 Å². The molecule has 0 unspecified atom stereocenters. The Kier molecular flexibility index (Phi) is 6.50. The number of fused-ring (bicyclic) bond motifs is 1. The van der Waals surface area contributed by atoms with E-state index in [1.807, 2.05) is 12.1 Å². The number of aromatic nitrogens is 2. The summed E-state index contributed by atoms with van der Waals surface area (Å²) in [4.78, 5) is 29.1. The summed E-state index contributed by atoms with van der Waals surface area (Å²) in [6.45, 7) is 4.27. The van der Waals surface area contributed by atoms with Crippen LogP contribution < -0.4 is 14.4 Å². The van der Waals surface area contributed by atoms with Gasteiger partial charge in [0.25, 0.3) is 5.91 Å². The maximum absolute atomic E-state index is 13.9. The van der Waals surface area contributed by atoms with Crippen LogP contribution in [0.2, 0.25) is 0 Å². The lowest BCUT2D eigenvalue weighted by atomic mass is 10.0. The minimum Gasteiger partial charge on any atom is -0.496 e. The summed E-state index contributed by atoms with van der Waals surface area (Å²) in [6.07, 6.45) is 0.568. The van der Waals surface area contributed by atoms with E-state index in [1.165, 1.54) is 12.1 Å². The van der Waals surface area contributed by atoms with E-state index in [9.17, 15) is 9.18 Å². The molecule has 1 saturated heterocycles. The highest BCUT2D eigenvalue weighted by atomic mass is 19.1. The van der Waals surface area contributed by atoms with Crippen molar-refractivity contribution in [3.05, 3.63) is 71.2 Å². The summed E-state index contributed by atoms with van der Waals surface area (Å²) in [5, 5.41) is 0. The van der Waals surface area contributed by atoms with Gasteiger partial charge in [0, 0.05) is 45.2 Å². The number of hydrogen-bond acceptors (Lipinski definition) is 7. The number of rotatable bonds is 5. The number of piperazine rings is 1. The number of nitrogens with zero attached hydrogens (tertiary/aromatic N) is 5. The third kappa shape index (κ3) is 4.90. The van der Waals surface area contributed by atoms with Crippen molar-refractivity contribution in [3.8, 4) is 17.4 Å². The van der Waals surface area contributed by atoms with Crippen LogP contribution in [0.3, 0.4) is 0 Å². The molecule has 182 valence electrons. The lowest BCUT2D eigenvalue weighted by molar-refractivity contribution is 0.0728. The third-order valence-corrected chi connectivity index (χ3v) is 6.43. The zero-order valence-electron chi connectivity index (χ0n) is 19.9. The van der Waals surface area contributed by atoms with Crippen molar-refractivity contribution >= 4 is 11.9 Å². The summed E-state index contributed by atoms with van der Waals surface area (Å²) in [7, 11) is 3.65. The molecule has 0 bridgehead atoms. The monoisotopic (exact) mass is 477 g/mol. The van der Waals surface area contributed by atoms with E-state index in [1.54, 1.807) is 36.3 Å². The number of benzene rings is 2. The molecule has 2 aliphatic rings. The van der Waals surface area contributed by atoms with Gasteiger partial charge in [-0.1, -0.05) is 18.2 Å². The van der Waals surface area contributed by atoms with Gasteiger partial charge in [-0.2, -0.15) is 4.98 Å². The van der Waals surface area contributed by atoms with Gasteiger partial charge in [0.05, 0.1) is 30.5 Å². The third-order valence-electron chi connectivity index (χ3n) is 6.43. The molecular weight excluding hydrogens is 449 g/mol. The SMILES string of the molecule is COc1ccccc1C(=O)N1CCc2nc(N3CCN(C)CC3)nc(Oc3cccc(F)c3)c2C1. The van der Waals surface area contributed by atoms with E-state index in [4.69, 9.17) is 19.4 Å². The average molecular weight is 478 g/mol. The summed E-state index contributed by atoms with van der Waals surface area (Å²) >= 11 is 0. The first-order valence-corrected chi connectivity index (χ1v) is 11.7. The second kappa shape index (κ2) is 9.87. The van der Waals surface area contributed by atoms with Crippen LogP contribution in [0, 0.1) is 5.82 Å². The van der Waals surface area contributed by atoms with Gasteiger partial charge in [0.1, 0.15) is 17.3 Å². The standard InChI is InChI=1S/C26H28FN5O3/c1-30-12-14-31(15-13-30)26-28-22-10-11-32(25(33)20-8-3-4-9-23(20)34-2)17-21(22)24(29-26)35-19-7-5-6-18(27)16-19/h3-9,16H,10-15,17H2,1-2H3. The second-order valence-electron chi connectivity index (χ2n) is 8.78. The Morgan fingerprint density at radius 1 is 1.00 bits per heavy atom. The summed E-state index contributed by atoms with van der Waals surface area (Å²) in [6, 6.07) is 13.2. The Morgan fingerprint density at radius 3 is 2.57 bits per heavy atom. The number of carbonyl (C=O) groups is 1. The zero-order valence-corrected chi connectivity index (χ0v) is 19.9. The van der Waals surface area contributed by atoms with E-state index in [-0.39, 0.29) is 5.91 Å². The molecule has 0 radical (unpaired) electrons. The summed E-state index contributed by atoms with van der Waals surface area (Å²) in [5.74, 6) is 1.31. The minimum atomic E-state index is -0.391. The molecule has 1 amide bonds. The van der Waals surface area contributed by atoms with Crippen LogP contribution in [0.1, 0.15) is 21.6 Å². The summed E-state index contributed by atoms with van der Waals surface area (Å²) < 4.78 is 25.3. The quantitative estimate of drug-likeness (QED) is 0.558. The number of halogens is 1. The number of para-hydroxylation sites is 1. The lowest BCUT2D eigenvalue weighted by Crippen LogP contribution is -2.45. The van der Waals surface area contributed by atoms with Gasteiger partial charge >= 0.3 is 0 Å². The molecular formula is C26H28FN5O3. The molecule has 35 heavy (non-hydrogen) atoms. The number of carbonyl (C=O) groups excluding carboxylic acids is 1. The van der Waals surface area contributed by atoms with E-state index < -0.39 is 5.82 Å². The van der Waals surface area contributed by atoms with Gasteiger partial charge in [-0.05, 0) is 31.3 Å². The van der Waals surface area contributed by atoms with E-state index >= 15 is 0 Å². The molecule has 0 saturated carbocycles. The molecule has 5 rings (SSSR count). The Morgan fingerprint density at radius 2 is 1.80 bits per heavy atom. The van der Waals surface area contributed by atoms with Gasteiger partial charge < -0.3 is 24.2 Å². The molecule has 1 aromatic heterocycles. The van der Waals surface area contributed by atoms with Crippen molar-refractivity contribution in [3.63, 3.8) is 0 Å². The molecule has 3 heterocycles. The van der Waals surface area contributed by atoms with Gasteiger partial charge in [0.2, 0.25) is 11.8 Å². The predicted molar refractivity (Wildman–Crippen MR) is 130 cm³/mol. The van der Waals surface area contributed by atoms with Crippen molar-refractivity contribution in [1.29, 1.82) is 0 Å². The fourth-order valence-corrected chi connectivity index (χ4v) is 4.41. The lowest BCUT2D eigenvalue weighted by Gasteiger charge is -2.34. The molecule has 2 aromatic carbocycles. The predicted octanol–water partition coefficient (Wildman–Crippen LogP) is 3.37. The molecule has 0 atom stereocenters. The number of likely N-dealkylation sites (N-methyl/N-ethyl adjacent to an activating group) is 1. The highest BCUT2D eigenvalue weighted by Gasteiger charge is 2.30. The Bertz CT molecular complexity index is 1230. The van der Waals surface area contributed by atoms with Crippen LogP contribution in [0.4, 0.5) is 10.3 Å². The molecule has 0 aliphatic carbocycles.